The third-order valence-electron chi connectivity index (χ3n) is 2.30. The summed E-state index contributed by atoms with van der Waals surface area (Å²) >= 11 is 3.32. The van der Waals surface area contributed by atoms with Gasteiger partial charge < -0.3 is 5.73 Å². The van der Waals surface area contributed by atoms with Gasteiger partial charge in [-0.25, -0.2) is 4.98 Å². The minimum absolute atomic E-state index is 0.0679. The van der Waals surface area contributed by atoms with Gasteiger partial charge in [0.15, 0.2) is 0 Å². The van der Waals surface area contributed by atoms with Crippen molar-refractivity contribution >= 4 is 32.5 Å². The van der Waals surface area contributed by atoms with E-state index in [4.69, 9.17) is 5.73 Å². The number of nitrogens with zero attached hydrogens (tertiary/aromatic N) is 2. The highest BCUT2D eigenvalue weighted by molar-refractivity contribution is 9.10. The normalized spacial score (nSPS) is 10.8. The van der Waals surface area contributed by atoms with Crippen LogP contribution in [0.2, 0.25) is 0 Å². The van der Waals surface area contributed by atoms with Gasteiger partial charge in [-0.2, -0.15) is 0 Å². The molecular formula is C10H10BrN3O. The Balaban J connectivity index is 2.96. The number of aromatic nitrogens is 2. The van der Waals surface area contributed by atoms with E-state index in [1.54, 1.807) is 23.0 Å². The molecule has 0 fully saturated rings. The topological polar surface area (TPSA) is 60.9 Å². The second kappa shape index (κ2) is 3.66. The smallest absolute Gasteiger partial charge is 0.262 e. The molecule has 0 bridgehead atoms. The lowest BCUT2D eigenvalue weighted by atomic mass is 10.2. The van der Waals surface area contributed by atoms with Gasteiger partial charge in [-0.05, 0) is 35.0 Å². The lowest BCUT2D eigenvalue weighted by Crippen LogP contribution is -2.20. The van der Waals surface area contributed by atoms with E-state index in [1.807, 2.05) is 6.92 Å². The predicted octanol–water partition coefficient (Wildman–Crippen LogP) is 1.76. The van der Waals surface area contributed by atoms with Crippen LogP contribution in [0.5, 0.6) is 0 Å². The third-order valence-corrected chi connectivity index (χ3v) is 3.16. The summed E-state index contributed by atoms with van der Waals surface area (Å²) in [6.45, 7) is 2.50. The van der Waals surface area contributed by atoms with E-state index >= 15 is 0 Å². The molecule has 1 aromatic heterocycles. The molecule has 78 valence electrons. The van der Waals surface area contributed by atoms with Crippen molar-refractivity contribution in [2.75, 3.05) is 5.73 Å². The third kappa shape index (κ3) is 1.52. The van der Waals surface area contributed by atoms with Gasteiger partial charge in [0.05, 0.1) is 21.7 Å². The van der Waals surface area contributed by atoms with Crippen molar-refractivity contribution < 1.29 is 0 Å². The Bertz CT molecular complexity index is 577. The molecule has 4 nitrogen and oxygen atoms in total. The van der Waals surface area contributed by atoms with Crippen molar-refractivity contribution in [1.82, 2.24) is 9.55 Å². The van der Waals surface area contributed by atoms with Gasteiger partial charge in [0.1, 0.15) is 0 Å². The number of nitrogens with two attached hydrogens (primary N) is 1. The Morgan fingerprint density at radius 2 is 2.27 bits per heavy atom. The fourth-order valence-electron chi connectivity index (χ4n) is 1.45. The van der Waals surface area contributed by atoms with Crippen LogP contribution in [0.3, 0.4) is 0 Å². The molecule has 1 aromatic carbocycles. The summed E-state index contributed by atoms with van der Waals surface area (Å²) in [6.07, 6.45) is 1.55. The standard InChI is InChI=1S/C10H10BrN3O/c1-2-14-5-13-7-4-3-6(12)9(11)8(7)10(14)15/h3-5H,2,12H2,1H3. The zero-order valence-corrected chi connectivity index (χ0v) is 9.78. The number of aryl methyl sites for hydroxylation is 1. The lowest BCUT2D eigenvalue weighted by molar-refractivity contribution is 0.717. The highest BCUT2D eigenvalue weighted by Crippen LogP contribution is 2.25. The van der Waals surface area contributed by atoms with Crippen molar-refractivity contribution in [3.05, 3.63) is 33.3 Å². The van der Waals surface area contributed by atoms with Gasteiger partial charge >= 0.3 is 0 Å². The van der Waals surface area contributed by atoms with Crippen molar-refractivity contribution in [3.8, 4) is 0 Å². The molecule has 2 N–H and O–H groups in total. The average Bonchev–Trinajstić information content (AvgIpc) is 2.24. The molecule has 0 aliphatic rings. The van der Waals surface area contributed by atoms with Crippen molar-refractivity contribution in [2.45, 2.75) is 13.5 Å². The van der Waals surface area contributed by atoms with Gasteiger partial charge in [0.2, 0.25) is 0 Å². The van der Waals surface area contributed by atoms with E-state index in [9.17, 15) is 4.79 Å². The van der Waals surface area contributed by atoms with Crippen molar-refractivity contribution in [3.63, 3.8) is 0 Å². The highest BCUT2D eigenvalue weighted by atomic mass is 79.9. The Morgan fingerprint density at radius 3 is 2.93 bits per heavy atom. The van der Waals surface area contributed by atoms with E-state index < -0.39 is 0 Å². The number of nitrogen functional groups attached to an aromatic ring is 1. The quantitative estimate of drug-likeness (QED) is 0.801. The van der Waals surface area contributed by atoms with Gasteiger partial charge in [-0.3, -0.25) is 9.36 Å². The SMILES string of the molecule is CCn1cnc2ccc(N)c(Br)c2c1=O. The Hall–Kier alpha value is -1.36. The van der Waals surface area contributed by atoms with E-state index in [-0.39, 0.29) is 5.56 Å². The first-order valence-corrected chi connectivity index (χ1v) is 5.37. The molecule has 0 atom stereocenters. The van der Waals surface area contributed by atoms with Crippen LogP contribution in [0.1, 0.15) is 6.92 Å². The van der Waals surface area contributed by atoms with Crippen molar-refractivity contribution in [2.24, 2.45) is 0 Å². The summed E-state index contributed by atoms with van der Waals surface area (Å²) in [5, 5.41) is 0.541. The minimum atomic E-state index is -0.0679. The Labute approximate surface area is 94.9 Å². The van der Waals surface area contributed by atoms with Crippen LogP contribution in [0.15, 0.2) is 27.7 Å². The molecule has 0 spiro atoms. The maximum Gasteiger partial charge on any atom is 0.262 e. The number of halogens is 1. The summed E-state index contributed by atoms with van der Waals surface area (Å²) in [6, 6.07) is 3.48. The molecule has 0 aliphatic heterocycles. The molecule has 0 radical (unpaired) electrons. The average molecular weight is 268 g/mol. The maximum absolute atomic E-state index is 12.0. The number of fused-ring (bicyclic) bond motifs is 1. The van der Waals surface area contributed by atoms with Crippen LogP contribution >= 0.6 is 15.9 Å². The first-order chi connectivity index (χ1) is 7.15. The van der Waals surface area contributed by atoms with E-state index in [0.29, 0.717) is 27.6 Å². The van der Waals surface area contributed by atoms with Crippen LogP contribution in [0, 0.1) is 0 Å². The molecule has 0 aliphatic carbocycles. The fourth-order valence-corrected chi connectivity index (χ4v) is 1.95. The van der Waals surface area contributed by atoms with Crippen LogP contribution in [-0.2, 0) is 6.54 Å². The summed E-state index contributed by atoms with van der Waals surface area (Å²) in [5.74, 6) is 0. The number of hydrogen-bond acceptors (Lipinski definition) is 3. The lowest BCUT2D eigenvalue weighted by Gasteiger charge is -2.06. The molecule has 0 unspecified atom stereocenters. The van der Waals surface area contributed by atoms with Crippen LogP contribution < -0.4 is 11.3 Å². The fraction of sp³-hybridized carbons (Fsp3) is 0.200. The molecule has 15 heavy (non-hydrogen) atoms. The molecule has 2 aromatic rings. The van der Waals surface area contributed by atoms with Crippen LogP contribution in [-0.4, -0.2) is 9.55 Å². The van der Waals surface area contributed by atoms with Gasteiger partial charge in [-0.15, -0.1) is 0 Å². The molecule has 5 heteroatoms. The summed E-state index contributed by atoms with van der Waals surface area (Å²) in [4.78, 5) is 16.2. The van der Waals surface area contributed by atoms with Crippen LogP contribution in [0.25, 0.3) is 10.9 Å². The molecular weight excluding hydrogens is 258 g/mol. The number of anilines is 1. The maximum atomic E-state index is 12.0. The van der Waals surface area contributed by atoms with Crippen molar-refractivity contribution in [1.29, 1.82) is 0 Å². The van der Waals surface area contributed by atoms with Gasteiger partial charge in [-0.1, -0.05) is 0 Å². The second-order valence-electron chi connectivity index (χ2n) is 3.20. The molecule has 0 saturated carbocycles. The number of benzene rings is 1. The summed E-state index contributed by atoms with van der Waals surface area (Å²) < 4.78 is 2.17. The minimum Gasteiger partial charge on any atom is -0.398 e. The van der Waals surface area contributed by atoms with Gasteiger partial charge in [0, 0.05) is 12.2 Å². The zero-order chi connectivity index (χ0) is 11.0. The molecule has 0 amide bonds. The van der Waals surface area contributed by atoms with E-state index in [2.05, 4.69) is 20.9 Å². The molecule has 2 rings (SSSR count). The first kappa shape index (κ1) is 10.2. The zero-order valence-electron chi connectivity index (χ0n) is 8.20. The molecule has 1 heterocycles. The predicted molar refractivity (Wildman–Crippen MR) is 63.8 cm³/mol. The largest absolute Gasteiger partial charge is 0.398 e. The Kier molecular flexibility index (Phi) is 2.48. The summed E-state index contributed by atoms with van der Waals surface area (Å²) in [7, 11) is 0. The van der Waals surface area contributed by atoms with E-state index in [0.717, 1.165) is 0 Å². The Morgan fingerprint density at radius 1 is 1.53 bits per heavy atom. The first-order valence-electron chi connectivity index (χ1n) is 4.58. The van der Waals surface area contributed by atoms with E-state index in [1.165, 1.54) is 0 Å². The monoisotopic (exact) mass is 267 g/mol. The van der Waals surface area contributed by atoms with Crippen LogP contribution in [0.4, 0.5) is 5.69 Å². The highest BCUT2D eigenvalue weighted by Gasteiger charge is 2.08. The number of rotatable bonds is 1. The number of hydrogen-bond donors (Lipinski definition) is 1. The summed E-state index contributed by atoms with van der Waals surface area (Å²) in [5.41, 5.74) is 6.86. The second-order valence-corrected chi connectivity index (χ2v) is 3.99. The molecule has 0 saturated heterocycles. The van der Waals surface area contributed by atoms with Gasteiger partial charge in [0.25, 0.3) is 5.56 Å².